The molecule has 1 aliphatic heterocycles. The van der Waals surface area contributed by atoms with Crippen molar-refractivity contribution >= 4 is 0 Å². The second-order valence-corrected chi connectivity index (χ2v) is 4.36. The summed E-state index contributed by atoms with van der Waals surface area (Å²) in [6.07, 6.45) is 1.17. The molecule has 2 atom stereocenters. The van der Waals surface area contributed by atoms with Crippen LogP contribution < -0.4 is 0 Å². The number of rotatable bonds is 1. The second kappa shape index (κ2) is 4.14. The van der Waals surface area contributed by atoms with E-state index < -0.39 is 0 Å². The standard InChI is InChI=1S/C13H18O/c1-10-3-5-12(6-4-10)13-7-8-14-9-11(13)2/h3-6,11,13H,7-9H2,1-2H3. The molecule has 1 aromatic rings. The summed E-state index contributed by atoms with van der Waals surface area (Å²) in [6, 6.07) is 8.94. The van der Waals surface area contributed by atoms with Gasteiger partial charge in [0.05, 0.1) is 0 Å². The Morgan fingerprint density at radius 3 is 2.57 bits per heavy atom. The third kappa shape index (κ3) is 1.98. The van der Waals surface area contributed by atoms with E-state index in [1.807, 2.05) is 0 Å². The van der Waals surface area contributed by atoms with Crippen LogP contribution in [-0.4, -0.2) is 13.2 Å². The highest BCUT2D eigenvalue weighted by Crippen LogP contribution is 2.31. The molecule has 0 amide bonds. The normalized spacial score (nSPS) is 27.6. The van der Waals surface area contributed by atoms with E-state index >= 15 is 0 Å². The quantitative estimate of drug-likeness (QED) is 0.661. The molecule has 0 radical (unpaired) electrons. The largest absolute Gasteiger partial charge is 0.381 e. The van der Waals surface area contributed by atoms with E-state index in [-0.39, 0.29) is 0 Å². The Balaban J connectivity index is 2.16. The lowest BCUT2D eigenvalue weighted by molar-refractivity contribution is 0.0473. The van der Waals surface area contributed by atoms with Crippen molar-refractivity contribution in [1.29, 1.82) is 0 Å². The fraction of sp³-hybridized carbons (Fsp3) is 0.538. The summed E-state index contributed by atoms with van der Waals surface area (Å²) < 4.78 is 5.46. The van der Waals surface area contributed by atoms with Crippen molar-refractivity contribution in [2.75, 3.05) is 13.2 Å². The summed E-state index contributed by atoms with van der Waals surface area (Å²) in [4.78, 5) is 0. The second-order valence-electron chi connectivity index (χ2n) is 4.36. The van der Waals surface area contributed by atoms with Crippen molar-refractivity contribution in [3.63, 3.8) is 0 Å². The lowest BCUT2D eigenvalue weighted by atomic mass is 9.84. The summed E-state index contributed by atoms with van der Waals surface area (Å²) >= 11 is 0. The first-order valence-corrected chi connectivity index (χ1v) is 5.41. The predicted molar refractivity (Wildman–Crippen MR) is 58.5 cm³/mol. The molecule has 1 aliphatic rings. The van der Waals surface area contributed by atoms with Crippen LogP contribution in [-0.2, 0) is 4.74 Å². The number of ether oxygens (including phenoxy) is 1. The fourth-order valence-electron chi connectivity index (χ4n) is 2.19. The Morgan fingerprint density at radius 1 is 1.21 bits per heavy atom. The van der Waals surface area contributed by atoms with E-state index in [0.29, 0.717) is 11.8 Å². The van der Waals surface area contributed by atoms with Crippen LogP contribution in [0.4, 0.5) is 0 Å². The van der Waals surface area contributed by atoms with Gasteiger partial charge < -0.3 is 4.74 Å². The molecule has 0 N–H and O–H groups in total. The Labute approximate surface area is 86.1 Å². The molecular formula is C13H18O. The average molecular weight is 190 g/mol. The molecule has 14 heavy (non-hydrogen) atoms. The van der Waals surface area contributed by atoms with Crippen molar-refractivity contribution < 1.29 is 4.74 Å². The van der Waals surface area contributed by atoms with Gasteiger partial charge in [-0.25, -0.2) is 0 Å². The van der Waals surface area contributed by atoms with Crippen LogP contribution in [0.3, 0.4) is 0 Å². The molecule has 1 heterocycles. The number of hydrogen-bond acceptors (Lipinski definition) is 1. The topological polar surface area (TPSA) is 9.23 Å². The van der Waals surface area contributed by atoms with Gasteiger partial charge in [0.1, 0.15) is 0 Å². The van der Waals surface area contributed by atoms with Gasteiger partial charge in [0.15, 0.2) is 0 Å². The number of benzene rings is 1. The van der Waals surface area contributed by atoms with Crippen LogP contribution in [0.25, 0.3) is 0 Å². The molecule has 0 aliphatic carbocycles. The molecule has 1 saturated heterocycles. The highest BCUT2D eigenvalue weighted by molar-refractivity contribution is 5.25. The van der Waals surface area contributed by atoms with Crippen molar-refractivity contribution in [3.8, 4) is 0 Å². The van der Waals surface area contributed by atoms with Gasteiger partial charge in [-0.1, -0.05) is 36.8 Å². The monoisotopic (exact) mass is 190 g/mol. The van der Waals surface area contributed by atoms with Crippen molar-refractivity contribution in [3.05, 3.63) is 35.4 Å². The van der Waals surface area contributed by atoms with Gasteiger partial charge in [0.25, 0.3) is 0 Å². The maximum atomic E-state index is 5.46. The maximum absolute atomic E-state index is 5.46. The van der Waals surface area contributed by atoms with Gasteiger partial charge >= 0.3 is 0 Å². The summed E-state index contributed by atoms with van der Waals surface area (Å²) in [5.74, 6) is 1.36. The summed E-state index contributed by atoms with van der Waals surface area (Å²) in [6.45, 7) is 6.25. The first-order chi connectivity index (χ1) is 6.77. The van der Waals surface area contributed by atoms with E-state index in [2.05, 4.69) is 38.1 Å². The van der Waals surface area contributed by atoms with Crippen LogP contribution >= 0.6 is 0 Å². The summed E-state index contributed by atoms with van der Waals surface area (Å²) in [7, 11) is 0. The molecule has 0 saturated carbocycles. The Morgan fingerprint density at radius 2 is 1.93 bits per heavy atom. The maximum Gasteiger partial charge on any atom is 0.0497 e. The first kappa shape index (κ1) is 9.72. The molecule has 0 aromatic heterocycles. The molecule has 1 nitrogen and oxygen atoms in total. The molecule has 0 bridgehead atoms. The van der Waals surface area contributed by atoms with Crippen LogP contribution in [0, 0.1) is 12.8 Å². The molecular weight excluding hydrogens is 172 g/mol. The minimum atomic E-state index is 0.659. The zero-order valence-corrected chi connectivity index (χ0v) is 8.99. The lowest BCUT2D eigenvalue weighted by Gasteiger charge is -2.29. The third-order valence-electron chi connectivity index (χ3n) is 3.15. The Kier molecular flexibility index (Phi) is 2.87. The molecule has 2 rings (SSSR count). The van der Waals surface area contributed by atoms with Gasteiger partial charge in [0, 0.05) is 13.2 Å². The third-order valence-corrected chi connectivity index (χ3v) is 3.15. The molecule has 1 aromatic carbocycles. The van der Waals surface area contributed by atoms with E-state index in [0.717, 1.165) is 13.2 Å². The smallest absolute Gasteiger partial charge is 0.0497 e. The zero-order valence-electron chi connectivity index (χ0n) is 8.99. The highest BCUT2D eigenvalue weighted by atomic mass is 16.5. The van der Waals surface area contributed by atoms with Gasteiger partial charge in [0.2, 0.25) is 0 Å². The van der Waals surface area contributed by atoms with E-state index in [1.165, 1.54) is 17.5 Å². The van der Waals surface area contributed by atoms with Crippen LogP contribution in [0.2, 0.25) is 0 Å². The van der Waals surface area contributed by atoms with Gasteiger partial charge in [-0.15, -0.1) is 0 Å². The first-order valence-electron chi connectivity index (χ1n) is 5.41. The average Bonchev–Trinajstić information content (AvgIpc) is 2.20. The minimum Gasteiger partial charge on any atom is -0.381 e. The van der Waals surface area contributed by atoms with Crippen LogP contribution in [0.1, 0.15) is 30.4 Å². The predicted octanol–water partition coefficient (Wildman–Crippen LogP) is 3.14. The minimum absolute atomic E-state index is 0.659. The fourth-order valence-corrected chi connectivity index (χ4v) is 2.19. The van der Waals surface area contributed by atoms with Crippen molar-refractivity contribution in [2.24, 2.45) is 5.92 Å². The SMILES string of the molecule is Cc1ccc(C2CCOCC2C)cc1. The van der Waals surface area contributed by atoms with Crippen LogP contribution in [0.5, 0.6) is 0 Å². The van der Waals surface area contributed by atoms with Crippen molar-refractivity contribution in [1.82, 2.24) is 0 Å². The van der Waals surface area contributed by atoms with Gasteiger partial charge in [-0.2, -0.15) is 0 Å². The van der Waals surface area contributed by atoms with Crippen LogP contribution in [0.15, 0.2) is 24.3 Å². The number of hydrogen-bond donors (Lipinski definition) is 0. The molecule has 0 spiro atoms. The lowest BCUT2D eigenvalue weighted by Crippen LogP contribution is -2.23. The van der Waals surface area contributed by atoms with E-state index in [4.69, 9.17) is 4.74 Å². The van der Waals surface area contributed by atoms with Gasteiger partial charge in [-0.05, 0) is 30.7 Å². The van der Waals surface area contributed by atoms with Crippen molar-refractivity contribution in [2.45, 2.75) is 26.2 Å². The Bertz CT molecular complexity index is 289. The van der Waals surface area contributed by atoms with E-state index in [9.17, 15) is 0 Å². The summed E-state index contributed by atoms with van der Waals surface area (Å²) in [5.41, 5.74) is 2.82. The molecule has 1 fully saturated rings. The molecule has 1 heteroatoms. The van der Waals surface area contributed by atoms with Gasteiger partial charge in [-0.3, -0.25) is 0 Å². The number of aryl methyl sites for hydroxylation is 1. The molecule has 76 valence electrons. The Hall–Kier alpha value is -0.820. The highest BCUT2D eigenvalue weighted by Gasteiger charge is 2.22. The van der Waals surface area contributed by atoms with E-state index in [1.54, 1.807) is 0 Å². The summed E-state index contributed by atoms with van der Waals surface area (Å²) in [5, 5.41) is 0. The zero-order chi connectivity index (χ0) is 9.97. The molecule has 2 unspecified atom stereocenters.